The smallest absolute Gasteiger partial charge is 0.255 e. The highest BCUT2D eigenvalue weighted by Gasteiger charge is 2.46. The molecular weight excluding hydrogens is 326 g/mol. The topological polar surface area (TPSA) is 47.6 Å². The van der Waals surface area contributed by atoms with Gasteiger partial charge in [-0.1, -0.05) is 17.7 Å². The van der Waals surface area contributed by atoms with Crippen LogP contribution in [0.2, 0.25) is 5.02 Å². The molecular formula is C19H18ClNO3. The average molecular weight is 344 g/mol. The van der Waals surface area contributed by atoms with Gasteiger partial charge in [0.2, 0.25) is 0 Å². The number of hydrogen-bond donors (Lipinski definition) is 1. The fourth-order valence-electron chi connectivity index (χ4n) is 2.72. The van der Waals surface area contributed by atoms with E-state index in [-0.39, 0.29) is 11.3 Å². The number of nitrogens with one attached hydrogen (secondary N) is 1. The Morgan fingerprint density at radius 2 is 1.83 bits per heavy atom. The molecule has 2 aromatic carbocycles. The molecule has 24 heavy (non-hydrogen) atoms. The molecule has 124 valence electrons. The summed E-state index contributed by atoms with van der Waals surface area (Å²) in [5.41, 5.74) is 2.35. The molecule has 1 spiro atoms. The third-order valence-corrected chi connectivity index (χ3v) is 5.07. The molecule has 5 heteroatoms. The minimum atomic E-state index is -0.202. The Balaban J connectivity index is 1.53. The molecule has 0 saturated heterocycles. The van der Waals surface area contributed by atoms with Crippen LogP contribution >= 0.6 is 11.6 Å². The van der Waals surface area contributed by atoms with Crippen molar-refractivity contribution in [3.8, 4) is 11.5 Å². The third-order valence-electron chi connectivity index (χ3n) is 4.66. The first-order valence-corrected chi connectivity index (χ1v) is 8.40. The van der Waals surface area contributed by atoms with E-state index in [1.54, 1.807) is 24.3 Å². The lowest BCUT2D eigenvalue weighted by atomic mass is 10.1. The van der Waals surface area contributed by atoms with E-state index in [1.165, 1.54) is 0 Å². The number of amides is 1. The van der Waals surface area contributed by atoms with Crippen LogP contribution in [0.25, 0.3) is 0 Å². The lowest BCUT2D eigenvalue weighted by Gasteiger charge is -2.10. The van der Waals surface area contributed by atoms with Gasteiger partial charge in [0.1, 0.15) is 0 Å². The van der Waals surface area contributed by atoms with E-state index >= 15 is 0 Å². The van der Waals surface area contributed by atoms with Crippen LogP contribution in [0, 0.1) is 12.3 Å². The summed E-state index contributed by atoms with van der Waals surface area (Å²) >= 11 is 6.10. The minimum absolute atomic E-state index is 0.181. The first-order valence-electron chi connectivity index (χ1n) is 8.02. The second kappa shape index (κ2) is 5.71. The zero-order chi connectivity index (χ0) is 16.7. The number of anilines is 1. The number of hydrogen-bond acceptors (Lipinski definition) is 3. The van der Waals surface area contributed by atoms with E-state index in [0.717, 1.165) is 18.4 Å². The zero-order valence-corrected chi connectivity index (χ0v) is 14.2. The average Bonchev–Trinajstić information content (AvgIpc) is 3.37. The number of ether oxygens (including phenoxy) is 2. The minimum Gasteiger partial charge on any atom is -0.489 e. The molecule has 0 aromatic heterocycles. The Hall–Kier alpha value is -2.20. The Kier molecular flexibility index (Phi) is 3.65. The van der Waals surface area contributed by atoms with Gasteiger partial charge >= 0.3 is 0 Å². The second-order valence-electron chi connectivity index (χ2n) is 6.66. The maximum absolute atomic E-state index is 12.5. The van der Waals surface area contributed by atoms with Gasteiger partial charge in [-0.3, -0.25) is 4.79 Å². The van der Waals surface area contributed by atoms with Gasteiger partial charge in [0.25, 0.3) is 5.91 Å². The summed E-state index contributed by atoms with van der Waals surface area (Å²) < 4.78 is 11.7. The van der Waals surface area contributed by atoms with Crippen molar-refractivity contribution in [2.75, 3.05) is 18.5 Å². The van der Waals surface area contributed by atoms with Crippen molar-refractivity contribution in [1.29, 1.82) is 0 Å². The van der Waals surface area contributed by atoms with Crippen molar-refractivity contribution in [2.24, 2.45) is 5.41 Å². The van der Waals surface area contributed by atoms with Gasteiger partial charge in [0.05, 0.1) is 13.2 Å². The Morgan fingerprint density at radius 3 is 2.54 bits per heavy atom. The molecule has 1 saturated carbocycles. The van der Waals surface area contributed by atoms with E-state index in [1.807, 2.05) is 19.1 Å². The molecule has 1 fully saturated rings. The number of fused-ring (bicyclic) bond motifs is 1. The predicted molar refractivity (Wildman–Crippen MR) is 93.2 cm³/mol. The van der Waals surface area contributed by atoms with E-state index in [0.29, 0.717) is 41.0 Å². The SMILES string of the molecule is Cc1ccc(NC(=O)c2ccc3c(c2)OCC2(CC2)CO3)cc1Cl. The molecule has 1 aliphatic carbocycles. The van der Waals surface area contributed by atoms with E-state index in [4.69, 9.17) is 21.1 Å². The van der Waals surface area contributed by atoms with Crippen molar-refractivity contribution in [3.63, 3.8) is 0 Å². The van der Waals surface area contributed by atoms with Crippen molar-refractivity contribution in [2.45, 2.75) is 19.8 Å². The van der Waals surface area contributed by atoms with Gasteiger partial charge in [-0.25, -0.2) is 0 Å². The van der Waals surface area contributed by atoms with Crippen LogP contribution in [0.15, 0.2) is 36.4 Å². The van der Waals surface area contributed by atoms with Gasteiger partial charge in [-0.2, -0.15) is 0 Å². The number of rotatable bonds is 2. The zero-order valence-electron chi connectivity index (χ0n) is 13.4. The van der Waals surface area contributed by atoms with Crippen LogP contribution in [0.1, 0.15) is 28.8 Å². The molecule has 0 atom stereocenters. The molecule has 0 unspecified atom stereocenters. The van der Waals surface area contributed by atoms with Crippen LogP contribution in [-0.2, 0) is 0 Å². The molecule has 4 rings (SSSR count). The first-order chi connectivity index (χ1) is 11.5. The van der Waals surface area contributed by atoms with Crippen molar-refractivity contribution >= 4 is 23.2 Å². The number of halogens is 1. The van der Waals surface area contributed by atoms with Crippen LogP contribution in [0.5, 0.6) is 11.5 Å². The summed E-state index contributed by atoms with van der Waals surface area (Å²) in [6, 6.07) is 10.7. The molecule has 4 nitrogen and oxygen atoms in total. The lowest BCUT2D eigenvalue weighted by molar-refractivity contribution is 0.102. The van der Waals surface area contributed by atoms with E-state index in [9.17, 15) is 4.79 Å². The van der Waals surface area contributed by atoms with Crippen molar-refractivity contribution in [1.82, 2.24) is 0 Å². The first kappa shape index (κ1) is 15.3. The van der Waals surface area contributed by atoms with E-state index in [2.05, 4.69) is 5.32 Å². The Labute approximate surface area is 145 Å². The van der Waals surface area contributed by atoms with Crippen LogP contribution in [-0.4, -0.2) is 19.1 Å². The molecule has 0 radical (unpaired) electrons. The molecule has 1 heterocycles. The highest BCUT2D eigenvalue weighted by Crippen LogP contribution is 2.49. The van der Waals surface area contributed by atoms with Crippen LogP contribution in [0.4, 0.5) is 5.69 Å². The van der Waals surface area contributed by atoms with Crippen molar-refractivity contribution in [3.05, 3.63) is 52.5 Å². The predicted octanol–water partition coefficient (Wildman–Crippen LogP) is 4.45. The molecule has 1 aliphatic heterocycles. The highest BCUT2D eigenvalue weighted by atomic mass is 35.5. The standard InChI is InChI=1S/C19H18ClNO3/c1-12-2-4-14(9-15(12)20)21-18(22)13-3-5-16-17(8-13)24-11-19(6-7-19)10-23-16/h2-5,8-9H,6-7,10-11H2,1H3,(H,21,22). The largest absolute Gasteiger partial charge is 0.489 e. The number of carbonyl (C=O) groups is 1. The van der Waals surface area contributed by atoms with Gasteiger partial charge < -0.3 is 14.8 Å². The maximum atomic E-state index is 12.5. The summed E-state index contributed by atoms with van der Waals surface area (Å²) in [4.78, 5) is 12.5. The lowest BCUT2D eigenvalue weighted by Crippen LogP contribution is -2.17. The van der Waals surface area contributed by atoms with E-state index < -0.39 is 0 Å². The molecule has 2 aromatic rings. The summed E-state index contributed by atoms with van der Waals surface area (Å²) in [5.74, 6) is 1.13. The summed E-state index contributed by atoms with van der Waals surface area (Å²) in [6.45, 7) is 3.26. The Morgan fingerprint density at radius 1 is 1.08 bits per heavy atom. The van der Waals surface area contributed by atoms with Crippen LogP contribution in [0.3, 0.4) is 0 Å². The highest BCUT2D eigenvalue weighted by molar-refractivity contribution is 6.31. The molecule has 1 amide bonds. The van der Waals surface area contributed by atoms with Gasteiger partial charge in [-0.05, 0) is 55.7 Å². The molecule has 1 N–H and O–H groups in total. The molecule has 2 aliphatic rings. The van der Waals surface area contributed by atoms with Crippen molar-refractivity contribution < 1.29 is 14.3 Å². The normalized spacial score (nSPS) is 17.2. The summed E-state index contributed by atoms with van der Waals surface area (Å²) in [5, 5.41) is 3.48. The monoisotopic (exact) mass is 343 g/mol. The summed E-state index contributed by atoms with van der Waals surface area (Å²) in [7, 11) is 0. The molecule has 0 bridgehead atoms. The van der Waals surface area contributed by atoms with Gasteiger partial charge in [0.15, 0.2) is 11.5 Å². The number of aryl methyl sites for hydroxylation is 1. The second-order valence-corrected chi connectivity index (χ2v) is 7.06. The fourth-order valence-corrected chi connectivity index (χ4v) is 2.90. The Bertz CT molecular complexity index is 814. The number of carbonyl (C=O) groups excluding carboxylic acids is 1. The van der Waals surface area contributed by atoms with Crippen LogP contribution < -0.4 is 14.8 Å². The van der Waals surface area contributed by atoms with Gasteiger partial charge in [0, 0.05) is 21.7 Å². The quantitative estimate of drug-likeness (QED) is 0.876. The van der Waals surface area contributed by atoms with Gasteiger partial charge in [-0.15, -0.1) is 0 Å². The summed E-state index contributed by atoms with van der Waals surface area (Å²) in [6.07, 6.45) is 2.28. The third kappa shape index (κ3) is 2.94. The number of benzene rings is 2. The maximum Gasteiger partial charge on any atom is 0.255 e. The fraction of sp³-hybridized carbons (Fsp3) is 0.316.